The van der Waals surface area contributed by atoms with E-state index in [4.69, 9.17) is 4.74 Å². The first-order chi connectivity index (χ1) is 10.2. The van der Waals surface area contributed by atoms with Gasteiger partial charge in [-0.3, -0.25) is 0 Å². The summed E-state index contributed by atoms with van der Waals surface area (Å²) >= 11 is 0. The van der Waals surface area contributed by atoms with Crippen LogP contribution in [0.4, 0.5) is 0 Å². The first-order valence-electron chi connectivity index (χ1n) is 7.42. The fraction of sp³-hybridized carbons (Fsp3) is 0.500. The van der Waals surface area contributed by atoms with Crippen LogP contribution in [0.2, 0.25) is 0 Å². The van der Waals surface area contributed by atoms with E-state index in [0.717, 1.165) is 41.2 Å². The fourth-order valence-electron chi connectivity index (χ4n) is 2.65. The minimum absolute atomic E-state index is 0.244. The molecule has 0 amide bonds. The highest BCUT2D eigenvalue weighted by molar-refractivity contribution is 5.44. The second-order valence-corrected chi connectivity index (χ2v) is 5.09. The number of nitrogens with one attached hydrogen (secondary N) is 1. The molecule has 5 nitrogen and oxygen atoms in total. The Morgan fingerprint density at radius 2 is 2.10 bits per heavy atom. The van der Waals surface area contributed by atoms with Crippen LogP contribution in [-0.4, -0.2) is 29.2 Å². The van der Waals surface area contributed by atoms with Crippen molar-refractivity contribution in [2.75, 3.05) is 14.2 Å². The molecule has 0 saturated heterocycles. The van der Waals surface area contributed by atoms with Crippen molar-refractivity contribution in [2.45, 2.75) is 39.7 Å². The Morgan fingerprint density at radius 1 is 1.33 bits per heavy atom. The lowest BCUT2D eigenvalue weighted by molar-refractivity contribution is 0.411. The van der Waals surface area contributed by atoms with Crippen LogP contribution in [0.25, 0.3) is 5.69 Å². The molecule has 21 heavy (non-hydrogen) atoms. The first-order valence-corrected chi connectivity index (χ1v) is 7.42. The maximum atomic E-state index is 5.32. The van der Waals surface area contributed by atoms with Gasteiger partial charge in [-0.2, -0.15) is 0 Å². The number of hydrogen-bond donors (Lipinski definition) is 1. The highest BCUT2D eigenvalue weighted by atomic mass is 16.5. The van der Waals surface area contributed by atoms with Crippen molar-refractivity contribution in [3.05, 3.63) is 35.2 Å². The Morgan fingerprint density at radius 3 is 2.62 bits per heavy atom. The molecular formula is C16H24N4O. The standard InChI is InChI=1S/C16H24N4O/c1-6-13(17-4)16-14(7-2)20(19-18-16)12-8-9-15(21-5)11(3)10-12/h8-10,13,17H,6-7H2,1-5H3. The molecule has 1 atom stereocenters. The second-order valence-electron chi connectivity index (χ2n) is 5.09. The molecule has 114 valence electrons. The Hall–Kier alpha value is -1.88. The quantitative estimate of drug-likeness (QED) is 0.888. The van der Waals surface area contributed by atoms with Crippen molar-refractivity contribution >= 4 is 0 Å². The zero-order valence-electron chi connectivity index (χ0n) is 13.5. The molecule has 0 aliphatic rings. The summed E-state index contributed by atoms with van der Waals surface area (Å²) in [5.41, 5.74) is 4.31. The predicted octanol–water partition coefficient (Wildman–Crippen LogP) is 2.82. The molecule has 1 aromatic carbocycles. The zero-order valence-corrected chi connectivity index (χ0v) is 13.5. The summed E-state index contributed by atoms with van der Waals surface area (Å²) in [6, 6.07) is 6.31. The van der Waals surface area contributed by atoms with Gasteiger partial charge in [0.25, 0.3) is 0 Å². The van der Waals surface area contributed by atoms with Gasteiger partial charge in [-0.25, -0.2) is 4.68 Å². The summed E-state index contributed by atoms with van der Waals surface area (Å²) in [5, 5.41) is 12.1. The van der Waals surface area contributed by atoms with Crippen molar-refractivity contribution in [3.63, 3.8) is 0 Å². The lowest BCUT2D eigenvalue weighted by atomic mass is 10.1. The molecular weight excluding hydrogens is 264 g/mol. The number of ether oxygens (including phenoxy) is 1. The molecule has 1 aromatic heterocycles. The second kappa shape index (κ2) is 6.72. The number of nitrogens with zero attached hydrogens (tertiary/aromatic N) is 3. The van der Waals surface area contributed by atoms with Crippen LogP contribution in [0.15, 0.2) is 18.2 Å². The molecule has 1 heterocycles. The molecule has 0 radical (unpaired) electrons. The smallest absolute Gasteiger partial charge is 0.121 e. The lowest BCUT2D eigenvalue weighted by Crippen LogP contribution is -2.17. The van der Waals surface area contributed by atoms with Gasteiger partial charge in [-0.15, -0.1) is 5.10 Å². The van der Waals surface area contributed by atoms with Crippen LogP contribution >= 0.6 is 0 Å². The maximum absolute atomic E-state index is 5.32. The number of benzene rings is 1. The van der Waals surface area contributed by atoms with E-state index in [-0.39, 0.29) is 6.04 Å². The van der Waals surface area contributed by atoms with E-state index in [9.17, 15) is 0 Å². The fourth-order valence-corrected chi connectivity index (χ4v) is 2.65. The summed E-state index contributed by atoms with van der Waals surface area (Å²) in [7, 11) is 3.65. The number of hydrogen-bond acceptors (Lipinski definition) is 4. The van der Waals surface area contributed by atoms with Crippen molar-refractivity contribution in [1.29, 1.82) is 0 Å². The number of aryl methyl sites for hydroxylation is 1. The number of aromatic nitrogens is 3. The van der Waals surface area contributed by atoms with Gasteiger partial charge >= 0.3 is 0 Å². The van der Waals surface area contributed by atoms with Crippen LogP contribution in [0.1, 0.15) is 43.3 Å². The Bertz CT molecular complexity index is 602. The third kappa shape index (κ3) is 2.93. The number of rotatable bonds is 6. The Balaban J connectivity index is 2.47. The van der Waals surface area contributed by atoms with Gasteiger partial charge in [0, 0.05) is 0 Å². The van der Waals surface area contributed by atoms with E-state index < -0.39 is 0 Å². The maximum Gasteiger partial charge on any atom is 0.121 e. The van der Waals surface area contributed by atoms with Crippen LogP contribution in [0.3, 0.4) is 0 Å². The van der Waals surface area contributed by atoms with E-state index in [2.05, 4.69) is 35.5 Å². The minimum atomic E-state index is 0.244. The van der Waals surface area contributed by atoms with Gasteiger partial charge in [-0.1, -0.05) is 19.1 Å². The van der Waals surface area contributed by atoms with Crippen molar-refractivity contribution in [2.24, 2.45) is 0 Å². The highest BCUT2D eigenvalue weighted by Gasteiger charge is 2.19. The van der Waals surface area contributed by atoms with E-state index in [1.165, 1.54) is 0 Å². The SMILES string of the molecule is CCc1c(C(CC)NC)nnn1-c1ccc(OC)c(C)c1. The molecule has 0 fully saturated rings. The number of methoxy groups -OCH3 is 1. The van der Waals surface area contributed by atoms with Crippen LogP contribution < -0.4 is 10.1 Å². The van der Waals surface area contributed by atoms with Crippen molar-refractivity contribution in [3.8, 4) is 11.4 Å². The van der Waals surface area contributed by atoms with Crippen molar-refractivity contribution in [1.82, 2.24) is 20.3 Å². The molecule has 1 unspecified atom stereocenters. The zero-order chi connectivity index (χ0) is 15.4. The van der Waals surface area contributed by atoms with Gasteiger partial charge in [-0.05, 0) is 50.6 Å². The van der Waals surface area contributed by atoms with Crippen LogP contribution in [0.5, 0.6) is 5.75 Å². The molecule has 0 aliphatic carbocycles. The van der Waals surface area contributed by atoms with E-state index in [1.54, 1.807) is 7.11 Å². The molecule has 0 spiro atoms. The molecule has 1 N–H and O–H groups in total. The van der Waals surface area contributed by atoms with E-state index >= 15 is 0 Å². The molecule has 5 heteroatoms. The monoisotopic (exact) mass is 288 g/mol. The Labute approximate surface area is 126 Å². The largest absolute Gasteiger partial charge is 0.496 e. The van der Waals surface area contributed by atoms with Crippen molar-refractivity contribution < 1.29 is 4.74 Å². The van der Waals surface area contributed by atoms with Gasteiger partial charge in [0.1, 0.15) is 11.4 Å². The molecule has 0 aliphatic heterocycles. The predicted molar refractivity (Wildman–Crippen MR) is 84.1 cm³/mol. The summed E-state index contributed by atoms with van der Waals surface area (Å²) in [5.74, 6) is 0.888. The van der Waals surface area contributed by atoms with Crippen LogP contribution in [0, 0.1) is 6.92 Å². The average Bonchev–Trinajstić information content (AvgIpc) is 2.92. The normalized spacial score (nSPS) is 12.4. The minimum Gasteiger partial charge on any atom is -0.496 e. The third-order valence-electron chi connectivity index (χ3n) is 3.84. The summed E-state index contributed by atoms with van der Waals surface area (Å²) in [4.78, 5) is 0. The van der Waals surface area contributed by atoms with Gasteiger partial charge in [0.05, 0.1) is 24.5 Å². The van der Waals surface area contributed by atoms with Crippen LogP contribution in [-0.2, 0) is 6.42 Å². The molecule has 0 bridgehead atoms. The molecule has 2 rings (SSSR count). The first kappa shape index (κ1) is 15.5. The topological polar surface area (TPSA) is 52.0 Å². The molecule has 0 saturated carbocycles. The third-order valence-corrected chi connectivity index (χ3v) is 3.84. The summed E-state index contributed by atoms with van der Waals surface area (Å²) in [6.45, 7) is 6.32. The van der Waals surface area contributed by atoms with Gasteiger partial charge in [0.15, 0.2) is 0 Å². The van der Waals surface area contributed by atoms with Gasteiger partial charge < -0.3 is 10.1 Å². The van der Waals surface area contributed by atoms with E-state index in [0.29, 0.717) is 0 Å². The van der Waals surface area contributed by atoms with Gasteiger partial charge in [0.2, 0.25) is 0 Å². The lowest BCUT2D eigenvalue weighted by Gasteiger charge is -2.13. The molecule has 2 aromatic rings. The van der Waals surface area contributed by atoms with E-state index in [1.807, 2.05) is 30.8 Å². The average molecular weight is 288 g/mol. The highest BCUT2D eigenvalue weighted by Crippen LogP contribution is 2.24. The summed E-state index contributed by atoms with van der Waals surface area (Å²) < 4.78 is 7.25. The Kier molecular flexibility index (Phi) is 4.96. The summed E-state index contributed by atoms with van der Waals surface area (Å²) in [6.07, 6.45) is 1.88.